The molecule has 0 radical (unpaired) electrons. The first-order valence-corrected chi connectivity index (χ1v) is 6.61. The van der Waals surface area contributed by atoms with Crippen molar-refractivity contribution in [3.63, 3.8) is 0 Å². The molecule has 0 amide bonds. The summed E-state index contributed by atoms with van der Waals surface area (Å²) in [6.07, 6.45) is 0. The molecular formula is C14H17F2NO2. The van der Waals surface area contributed by atoms with Gasteiger partial charge in [0.15, 0.2) is 11.6 Å². The second kappa shape index (κ2) is 5.43. The van der Waals surface area contributed by atoms with E-state index >= 15 is 0 Å². The number of halogens is 2. The fraction of sp³-hybridized carbons (Fsp3) is 0.571. The number of hydrogen-bond donors (Lipinski definition) is 0. The molecule has 2 unspecified atom stereocenters. The summed E-state index contributed by atoms with van der Waals surface area (Å²) in [5.74, 6) is -0.529. The fourth-order valence-corrected chi connectivity index (χ4v) is 2.85. The Morgan fingerprint density at radius 3 is 2.68 bits per heavy atom. The van der Waals surface area contributed by atoms with Crippen LogP contribution in [-0.2, 0) is 4.74 Å². The molecule has 2 saturated heterocycles. The molecular weight excluding hydrogens is 252 g/mol. The highest BCUT2D eigenvalue weighted by Gasteiger charge is 2.36. The molecule has 0 spiro atoms. The van der Waals surface area contributed by atoms with Gasteiger partial charge in [-0.1, -0.05) is 6.07 Å². The van der Waals surface area contributed by atoms with Crippen molar-refractivity contribution in [2.24, 2.45) is 11.8 Å². The summed E-state index contributed by atoms with van der Waals surface area (Å²) in [5, 5.41) is 0. The Labute approximate surface area is 111 Å². The first kappa shape index (κ1) is 12.8. The quantitative estimate of drug-likeness (QED) is 0.833. The van der Waals surface area contributed by atoms with E-state index in [4.69, 9.17) is 9.47 Å². The van der Waals surface area contributed by atoms with E-state index in [1.165, 1.54) is 12.1 Å². The molecule has 0 bridgehead atoms. The van der Waals surface area contributed by atoms with Gasteiger partial charge in [-0.15, -0.1) is 0 Å². The van der Waals surface area contributed by atoms with Crippen molar-refractivity contribution in [2.75, 3.05) is 39.5 Å². The number of hydrogen-bond acceptors (Lipinski definition) is 3. The Morgan fingerprint density at radius 2 is 1.95 bits per heavy atom. The average Bonchev–Trinajstić information content (AvgIpc) is 2.95. The van der Waals surface area contributed by atoms with Gasteiger partial charge in [0.1, 0.15) is 6.61 Å². The minimum Gasteiger partial charge on any atom is -0.489 e. The van der Waals surface area contributed by atoms with Crippen molar-refractivity contribution in [3.05, 3.63) is 29.8 Å². The summed E-state index contributed by atoms with van der Waals surface area (Å²) >= 11 is 0. The summed E-state index contributed by atoms with van der Waals surface area (Å²) < 4.78 is 37.1. The maximum atomic E-state index is 13.4. The van der Waals surface area contributed by atoms with Crippen LogP contribution in [0, 0.1) is 23.5 Å². The zero-order valence-electron chi connectivity index (χ0n) is 10.6. The summed E-state index contributed by atoms with van der Waals surface area (Å²) in [7, 11) is 0. The molecule has 0 aromatic heterocycles. The first-order chi connectivity index (χ1) is 9.24. The summed E-state index contributed by atoms with van der Waals surface area (Å²) in [6.45, 7) is 4.84. The van der Waals surface area contributed by atoms with Gasteiger partial charge in [-0.2, -0.15) is 4.39 Å². The van der Waals surface area contributed by atoms with Crippen LogP contribution in [0.4, 0.5) is 8.78 Å². The van der Waals surface area contributed by atoms with E-state index in [0.29, 0.717) is 18.4 Å². The number of likely N-dealkylation sites (tertiary alicyclic amines) is 1. The molecule has 3 rings (SSSR count). The second-order valence-corrected chi connectivity index (χ2v) is 5.22. The molecule has 1 aromatic rings. The fourth-order valence-electron chi connectivity index (χ4n) is 2.85. The lowest BCUT2D eigenvalue weighted by Gasteiger charge is -2.17. The van der Waals surface area contributed by atoms with Gasteiger partial charge in [0.05, 0.1) is 13.2 Å². The summed E-state index contributed by atoms with van der Waals surface area (Å²) in [4.78, 5) is 2.30. The highest BCUT2D eigenvalue weighted by atomic mass is 19.2. The number of ether oxygens (including phenoxy) is 2. The predicted octanol–water partition coefficient (Wildman–Crippen LogP) is 1.92. The zero-order valence-corrected chi connectivity index (χ0v) is 10.6. The average molecular weight is 269 g/mol. The minimum atomic E-state index is -0.908. The van der Waals surface area contributed by atoms with Gasteiger partial charge in [-0.05, 0) is 12.1 Å². The molecule has 2 fully saturated rings. The van der Waals surface area contributed by atoms with E-state index < -0.39 is 11.6 Å². The molecule has 104 valence electrons. The maximum Gasteiger partial charge on any atom is 0.200 e. The van der Waals surface area contributed by atoms with Crippen LogP contribution in [0.5, 0.6) is 5.75 Å². The van der Waals surface area contributed by atoms with Crippen molar-refractivity contribution >= 4 is 0 Å². The van der Waals surface area contributed by atoms with E-state index in [9.17, 15) is 8.78 Å². The molecule has 3 nitrogen and oxygen atoms in total. The SMILES string of the molecule is Fc1cccc(OCCN2CC3COCC3C2)c1F. The lowest BCUT2D eigenvalue weighted by atomic mass is 10.0. The molecule has 2 atom stereocenters. The molecule has 0 saturated carbocycles. The number of fused-ring (bicyclic) bond motifs is 1. The van der Waals surface area contributed by atoms with Crippen molar-refractivity contribution in [2.45, 2.75) is 0 Å². The standard InChI is InChI=1S/C14H17F2NO2/c15-12-2-1-3-13(14(12)16)19-5-4-17-6-10-8-18-9-11(10)7-17/h1-3,10-11H,4-9H2. The van der Waals surface area contributed by atoms with Crippen molar-refractivity contribution in [3.8, 4) is 5.75 Å². The lowest BCUT2D eigenvalue weighted by molar-refractivity contribution is 0.146. The highest BCUT2D eigenvalue weighted by Crippen LogP contribution is 2.28. The summed E-state index contributed by atoms with van der Waals surface area (Å²) in [5.41, 5.74) is 0. The Hall–Kier alpha value is -1.20. The van der Waals surface area contributed by atoms with Crippen LogP contribution in [0.25, 0.3) is 0 Å². The molecule has 5 heteroatoms. The van der Waals surface area contributed by atoms with E-state index in [0.717, 1.165) is 38.9 Å². The van der Waals surface area contributed by atoms with Crippen LogP contribution in [0.1, 0.15) is 0 Å². The topological polar surface area (TPSA) is 21.7 Å². The lowest BCUT2D eigenvalue weighted by Crippen LogP contribution is -2.28. The van der Waals surface area contributed by atoms with Gasteiger partial charge >= 0.3 is 0 Å². The normalized spacial score (nSPS) is 26.6. The second-order valence-electron chi connectivity index (χ2n) is 5.22. The first-order valence-electron chi connectivity index (χ1n) is 6.61. The van der Waals surface area contributed by atoms with E-state index in [1.54, 1.807) is 0 Å². The highest BCUT2D eigenvalue weighted by molar-refractivity contribution is 5.24. The summed E-state index contributed by atoms with van der Waals surface area (Å²) in [6, 6.07) is 3.99. The predicted molar refractivity (Wildman–Crippen MR) is 66.1 cm³/mol. The Morgan fingerprint density at radius 1 is 1.21 bits per heavy atom. The monoisotopic (exact) mass is 269 g/mol. The number of benzene rings is 1. The van der Waals surface area contributed by atoms with Gasteiger partial charge in [-0.25, -0.2) is 4.39 Å². The molecule has 0 N–H and O–H groups in total. The largest absolute Gasteiger partial charge is 0.489 e. The third kappa shape index (κ3) is 2.72. The minimum absolute atomic E-state index is 0.0114. The van der Waals surface area contributed by atoms with Gasteiger partial charge < -0.3 is 9.47 Å². The van der Waals surface area contributed by atoms with Crippen LogP contribution >= 0.6 is 0 Å². The third-order valence-corrected chi connectivity index (χ3v) is 3.90. The van der Waals surface area contributed by atoms with Crippen molar-refractivity contribution < 1.29 is 18.3 Å². The van der Waals surface area contributed by atoms with E-state index in [2.05, 4.69) is 4.90 Å². The van der Waals surface area contributed by atoms with Gasteiger partial charge in [0.2, 0.25) is 5.82 Å². The maximum absolute atomic E-state index is 13.4. The van der Waals surface area contributed by atoms with E-state index in [1.807, 2.05) is 0 Å². The Bertz CT molecular complexity index is 443. The molecule has 2 heterocycles. The van der Waals surface area contributed by atoms with E-state index in [-0.39, 0.29) is 5.75 Å². The van der Waals surface area contributed by atoms with Gasteiger partial charge in [0.25, 0.3) is 0 Å². The Balaban J connectivity index is 1.47. The number of nitrogens with zero attached hydrogens (tertiary/aromatic N) is 1. The molecule has 2 aliphatic heterocycles. The van der Waals surface area contributed by atoms with Crippen LogP contribution in [0.2, 0.25) is 0 Å². The van der Waals surface area contributed by atoms with Crippen LogP contribution in [0.15, 0.2) is 18.2 Å². The zero-order chi connectivity index (χ0) is 13.2. The Kier molecular flexibility index (Phi) is 3.66. The molecule has 19 heavy (non-hydrogen) atoms. The van der Waals surface area contributed by atoms with Crippen molar-refractivity contribution in [1.82, 2.24) is 4.90 Å². The van der Waals surface area contributed by atoms with Gasteiger partial charge in [0, 0.05) is 31.5 Å². The third-order valence-electron chi connectivity index (χ3n) is 3.90. The van der Waals surface area contributed by atoms with Crippen LogP contribution in [0.3, 0.4) is 0 Å². The van der Waals surface area contributed by atoms with Crippen LogP contribution < -0.4 is 4.74 Å². The smallest absolute Gasteiger partial charge is 0.200 e. The molecule has 1 aromatic carbocycles. The van der Waals surface area contributed by atoms with Gasteiger partial charge in [-0.3, -0.25) is 4.90 Å². The molecule has 2 aliphatic rings. The van der Waals surface area contributed by atoms with Crippen molar-refractivity contribution in [1.29, 1.82) is 0 Å². The van der Waals surface area contributed by atoms with Crippen LogP contribution in [-0.4, -0.2) is 44.4 Å². The number of rotatable bonds is 4. The molecule has 0 aliphatic carbocycles.